The molecule has 0 aliphatic carbocycles. The van der Waals surface area contributed by atoms with Crippen molar-refractivity contribution in [1.29, 1.82) is 0 Å². The minimum Gasteiger partial charge on any atom is -0.454 e. The number of esters is 1. The van der Waals surface area contributed by atoms with Gasteiger partial charge in [0.15, 0.2) is 23.4 Å². The Bertz CT molecular complexity index is 798. The van der Waals surface area contributed by atoms with Crippen molar-refractivity contribution in [2.75, 3.05) is 12.1 Å². The summed E-state index contributed by atoms with van der Waals surface area (Å²) in [6, 6.07) is 6.30. The number of aromatic nitrogens is 1. The molecule has 1 N–H and O–H groups in total. The second kappa shape index (κ2) is 6.84. The second-order valence-electron chi connectivity index (χ2n) is 5.95. The largest absolute Gasteiger partial charge is 0.454 e. The molecule has 25 heavy (non-hydrogen) atoms. The van der Waals surface area contributed by atoms with Gasteiger partial charge in [0.05, 0.1) is 5.56 Å². The number of nitrogens with zero attached hydrogens (tertiary/aromatic N) is 1. The third kappa shape index (κ3) is 3.73. The highest BCUT2D eigenvalue weighted by Crippen LogP contribution is 2.32. The van der Waals surface area contributed by atoms with Gasteiger partial charge < -0.3 is 24.1 Å². The zero-order chi connectivity index (χ0) is 18.0. The van der Waals surface area contributed by atoms with E-state index >= 15 is 0 Å². The van der Waals surface area contributed by atoms with Crippen LogP contribution in [0.3, 0.4) is 0 Å². The minimum absolute atomic E-state index is 0.113. The highest BCUT2D eigenvalue weighted by molar-refractivity contribution is 5.97. The third-order valence-corrected chi connectivity index (χ3v) is 3.59. The molecule has 1 aromatic heterocycles. The van der Waals surface area contributed by atoms with Crippen LogP contribution in [0.5, 0.6) is 11.5 Å². The predicted octanol–water partition coefficient (Wildman–Crippen LogP) is 2.53. The first-order chi connectivity index (χ1) is 11.9. The van der Waals surface area contributed by atoms with Crippen LogP contribution >= 0.6 is 0 Å². The molecule has 0 radical (unpaired) electrons. The molecule has 132 valence electrons. The Hall–Kier alpha value is -3.03. The zero-order valence-electron chi connectivity index (χ0n) is 14.1. The number of benzene rings is 1. The van der Waals surface area contributed by atoms with Gasteiger partial charge in [0, 0.05) is 6.07 Å². The molecule has 1 amide bonds. The van der Waals surface area contributed by atoms with Crippen LogP contribution in [0.15, 0.2) is 28.8 Å². The van der Waals surface area contributed by atoms with Crippen molar-refractivity contribution in [1.82, 2.24) is 5.16 Å². The second-order valence-corrected chi connectivity index (χ2v) is 5.95. The van der Waals surface area contributed by atoms with E-state index in [1.54, 1.807) is 39.0 Å². The topological polar surface area (TPSA) is 99.9 Å². The number of carbonyl (C=O) groups excluding carboxylic acids is 2. The molecular weight excluding hydrogens is 328 g/mol. The van der Waals surface area contributed by atoms with Crippen LogP contribution in [0.25, 0.3) is 0 Å². The van der Waals surface area contributed by atoms with E-state index in [0.29, 0.717) is 17.3 Å². The van der Waals surface area contributed by atoms with Gasteiger partial charge in [0.25, 0.3) is 5.91 Å². The number of ether oxygens (including phenoxy) is 3. The predicted molar refractivity (Wildman–Crippen MR) is 86.5 cm³/mol. The lowest BCUT2D eigenvalue weighted by atomic mass is 10.1. The van der Waals surface area contributed by atoms with Gasteiger partial charge in [-0.05, 0) is 31.0 Å². The standard InChI is InChI=1S/C17H18N2O6/c1-9(2)15(16(20)18-14-6-10(3)25-19-14)24-17(21)11-4-5-12-13(7-11)23-8-22-12/h4-7,9,15H,8H2,1-3H3,(H,18,19,20)/t15-/m0/s1. The average Bonchev–Trinajstić information content (AvgIpc) is 3.19. The van der Waals surface area contributed by atoms with E-state index in [1.165, 1.54) is 6.07 Å². The summed E-state index contributed by atoms with van der Waals surface area (Å²) in [5.41, 5.74) is 0.278. The molecular formula is C17H18N2O6. The van der Waals surface area contributed by atoms with Gasteiger partial charge in [-0.25, -0.2) is 4.79 Å². The van der Waals surface area contributed by atoms with Gasteiger partial charge in [-0.1, -0.05) is 19.0 Å². The Labute approximate surface area is 144 Å². The molecule has 0 fully saturated rings. The Morgan fingerprint density at radius 1 is 1.20 bits per heavy atom. The van der Waals surface area contributed by atoms with Crippen LogP contribution in [0.2, 0.25) is 0 Å². The summed E-state index contributed by atoms with van der Waals surface area (Å²) in [7, 11) is 0. The molecule has 1 aromatic carbocycles. The van der Waals surface area contributed by atoms with Gasteiger partial charge in [-0.3, -0.25) is 4.79 Å². The summed E-state index contributed by atoms with van der Waals surface area (Å²) < 4.78 is 20.7. The van der Waals surface area contributed by atoms with Crippen LogP contribution in [0.4, 0.5) is 5.82 Å². The maximum Gasteiger partial charge on any atom is 0.339 e. The maximum atomic E-state index is 12.4. The molecule has 3 rings (SSSR count). The Kier molecular flexibility index (Phi) is 4.60. The molecule has 1 aliphatic heterocycles. The number of hydrogen-bond acceptors (Lipinski definition) is 7. The van der Waals surface area contributed by atoms with Crippen LogP contribution in [0, 0.1) is 12.8 Å². The van der Waals surface area contributed by atoms with E-state index in [-0.39, 0.29) is 24.1 Å². The number of carbonyl (C=O) groups is 2. The highest BCUT2D eigenvalue weighted by Gasteiger charge is 2.28. The number of fused-ring (bicyclic) bond motifs is 1. The van der Waals surface area contributed by atoms with Crippen LogP contribution < -0.4 is 14.8 Å². The first kappa shape index (κ1) is 16.8. The number of aryl methyl sites for hydroxylation is 1. The average molecular weight is 346 g/mol. The molecule has 0 spiro atoms. The fourth-order valence-corrected chi connectivity index (χ4v) is 2.32. The molecule has 1 atom stereocenters. The summed E-state index contributed by atoms with van der Waals surface area (Å²) in [6.45, 7) is 5.39. The van der Waals surface area contributed by atoms with Crippen molar-refractivity contribution in [3.63, 3.8) is 0 Å². The first-order valence-corrected chi connectivity index (χ1v) is 7.79. The van der Waals surface area contributed by atoms with Crippen molar-refractivity contribution >= 4 is 17.7 Å². The smallest absolute Gasteiger partial charge is 0.339 e. The van der Waals surface area contributed by atoms with Crippen molar-refractivity contribution in [2.24, 2.45) is 5.92 Å². The number of anilines is 1. The lowest BCUT2D eigenvalue weighted by Crippen LogP contribution is -2.36. The normalized spacial score (nSPS) is 13.6. The minimum atomic E-state index is -0.977. The van der Waals surface area contributed by atoms with E-state index in [9.17, 15) is 9.59 Å². The summed E-state index contributed by atoms with van der Waals surface area (Å²) >= 11 is 0. The number of hydrogen-bond donors (Lipinski definition) is 1. The van der Waals surface area contributed by atoms with Gasteiger partial charge >= 0.3 is 5.97 Å². The van der Waals surface area contributed by atoms with Crippen LogP contribution in [-0.2, 0) is 9.53 Å². The first-order valence-electron chi connectivity index (χ1n) is 7.79. The van der Waals surface area contributed by atoms with Gasteiger partial charge in [0.2, 0.25) is 6.79 Å². The molecule has 0 bridgehead atoms. The van der Waals surface area contributed by atoms with Gasteiger partial charge in [0.1, 0.15) is 5.76 Å². The molecule has 8 heteroatoms. The molecule has 2 aromatic rings. The monoisotopic (exact) mass is 346 g/mol. The van der Waals surface area contributed by atoms with Crippen LogP contribution in [-0.4, -0.2) is 29.9 Å². The highest BCUT2D eigenvalue weighted by atomic mass is 16.7. The molecule has 0 unspecified atom stereocenters. The fraction of sp³-hybridized carbons (Fsp3) is 0.353. The fourth-order valence-electron chi connectivity index (χ4n) is 2.32. The number of nitrogens with one attached hydrogen (secondary N) is 1. The summed E-state index contributed by atoms with van der Waals surface area (Å²) in [5.74, 6) is 0.544. The molecule has 2 heterocycles. The Morgan fingerprint density at radius 3 is 2.64 bits per heavy atom. The van der Waals surface area contributed by atoms with Crippen molar-refractivity contribution < 1.29 is 28.3 Å². The van der Waals surface area contributed by atoms with E-state index in [4.69, 9.17) is 18.7 Å². The number of rotatable bonds is 5. The molecule has 8 nitrogen and oxygen atoms in total. The van der Waals surface area contributed by atoms with E-state index in [2.05, 4.69) is 10.5 Å². The third-order valence-electron chi connectivity index (χ3n) is 3.59. The lowest BCUT2D eigenvalue weighted by Gasteiger charge is -2.20. The van der Waals surface area contributed by atoms with Gasteiger partial charge in [-0.15, -0.1) is 0 Å². The van der Waals surface area contributed by atoms with Crippen LogP contribution in [0.1, 0.15) is 30.0 Å². The van der Waals surface area contributed by atoms with Gasteiger partial charge in [-0.2, -0.15) is 0 Å². The number of amides is 1. The summed E-state index contributed by atoms with van der Waals surface area (Å²) in [6.07, 6.45) is -0.977. The van der Waals surface area contributed by atoms with Crippen molar-refractivity contribution in [2.45, 2.75) is 26.9 Å². The molecule has 0 saturated carbocycles. The Balaban J connectivity index is 1.70. The van der Waals surface area contributed by atoms with E-state index in [0.717, 1.165) is 0 Å². The summed E-state index contributed by atoms with van der Waals surface area (Å²) in [4.78, 5) is 24.8. The maximum absolute atomic E-state index is 12.4. The molecule has 1 aliphatic rings. The Morgan fingerprint density at radius 2 is 1.96 bits per heavy atom. The van der Waals surface area contributed by atoms with Crippen molar-refractivity contribution in [3.8, 4) is 11.5 Å². The summed E-state index contributed by atoms with van der Waals surface area (Å²) in [5, 5.41) is 6.27. The van der Waals surface area contributed by atoms with Crippen molar-refractivity contribution in [3.05, 3.63) is 35.6 Å². The zero-order valence-corrected chi connectivity index (χ0v) is 14.1. The molecule has 0 saturated heterocycles. The lowest BCUT2D eigenvalue weighted by molar-refractivity contribution is -0.126. The van der Waals surface area contributed by atoms with E-state index < -0.39 is 18.0 Å². The SMILES string of the molecule is Cc1cc(NC(=O)[C@@H](OC(=O)c2ccc3c(c2)OCO3)C(C)C)no1. The van der Waals surface area contributed by atoms with E-state index in [1.807, 2.05) is 0 Å². The quantitative estimate of drug-likeness (QED) is 0.830.